The summed E-state index contributed by atoms with van der Waals surface area (Å²) in [5.41, 5.74) is 6.06. The molecule has 3 nitrogen and oxygen atoms in total. The minimum absolute atomic E-state index is 0.702. The molecule has 0 saturated heterocycles. The lowest BCUT2D eigenvalue weighted by Crippen LogP contribution is -1.86. The quantitative estimate of drug-likeness (QED) is 0.489. The topological polar surface area (TPSA) is 38.4 Å². The highest BCUT2D eigenvalue weighted by Crippen LogP contribution is 2.34. The Balaban J connectivity index is 2.23. The van der Waals surface area contributed by atoms with E-state index in [1.54, 1.807) is 13.3 Å². The van der Waals surface area contributed by atoms with Gasteiger partial charge < -0.3 is 4.42 Å². The van der Waals surface area contributed by atoms with Crippen LogP contribution < -0.4 is 0 Å². The Bertz CT molecular complexity index is 959. The van der Waals surface area contributed by atoms with Gasteiger partial charge in [0, 0.05) is 35.3 Å². The van der Waals surface area contributed by atoms with Crippen molar-refractivity contribution in [3.63, 3.8) is 0 Å². The molecule has 1 aromatic carbocycles. The van der Waals surface area contributed by atoms with E-state index in [0.29, 0.717) is 5.71 Å². The van der Waals surface area contributed by atoms with Crippen LogP contribution in [0.4, 0.5) is 0 Å². The second kappa shape index (κ2) is 6.21. The zero-order valence-corrected chi connectivity index (χ0v) is 13.9. The number of rotatable bonds is 3. The maximum absolute atomic E-state index is 6.09. The van der Waals surface area contributed by atoms with Crippen LogP contribution in [0.25, 0.3) is 27.6 Å². The molecule has 23 heavy (non-hydrogen) atoms. The normalized spacial score (nSPS) is 13.1. The van der Waals surface area contributed by atoms with E-state index in [-0.39, 0.29) is 0 Å². The molecule has 3 aromatic rings. The third-order valence-electron chi connectivity index (χ3n) is 3.94. The third-order valence-corrected chi connectivity index (χ3v) is 3.94. The lowest BCUT2D eigenvalue weighted by molar-refractivity contribution is 0.651. The van der Waals surface area contributed by atoms with Crippen LogP contribution in [-0.4, -0.2) is 18.2 Å². The molecule has 0 aliphatic carbocycles. The molecule has 0 N–H and O–H groups in total. The molecule has 2 heterocycles. The number of aliphatic imine (C=N–C) groups is 1. The van der Waals surface area contributed by atoms with E-state index in [9.17, 15) is 0 Å². The van der Waals surface area contributed by atoms with Gasteiger partial charge in [-0.3, -0.25) is 4.99 Å². The monoisotopic (exact) mass is 304 g/mol. The standard InChI is InChI=1S/C20H20N2O/c1-13(7-5-6-12-21-4)18-14(2)8-10-16-17-11-9-15(3)22-20(17)23-19(16)18/h5-12H,1-4H3/b6-5-,13-7+,21-12+. The van der Waals surface area contributed by atoms with Gasteiger partial charge in [-0.25, -0.2) is 4.98 Å². The summed E-state index contributed by atoms with van der Waals surface area (Å²) in [6, 6.07) is 8.36. The Morgan fingerprint density at radius 2 is 1.87 bits per heavy atom. The molecule has 3 heteroatoms. The summed E-state index contributed by atoms with van der Waals surface area (Å²) in [7, 11) is 1.76. The van der Waals surface area contributed by atoms with Gasteiger partial charge in [0.1, 0.15) is 5.58 Å². The lowest BCUT2D eigenvalue weighted by atomic mass is 9.98. The van der Waals surface area contributed by atoms with Crippen LogP contribution in [0.15, 0.2) is 51.9 Å². The maximum Gasteiger partial charge on any atom is 0.227 e. The summed E-state index contributed by atoms with van der Waals surface area (Å²) < 4.78 is 6.09. The second-order valence-electron chi connectivity index (χ2n) is 5.68. The summed E-state index contributed by atoms with van der Waals surface area (Å²) in [5.74, 6) is 0. The molecule has 0 aliphatic heterocycles. The molecule has 2 aromatic heterocycles. The molecule has 116 valence electrons. The van der Waals surface area contributed by atoms with Gasteiger partial charge in [0.05, 0.1) is 0 Å². The first kappa shape index (κ1) is 15.2. The molecule has 0 spiro atoms. The smallest absolute Gasteiger partial charge is 0.227 e. The number of benzene rings is 1. The average Bonchev–Trinajstić information content (AvgIpc) is 2.88. The molecular formula is C20H20N2O. The highest BCUT2D eigenvalue weighted by Gasteiger charge is 2.14. The predicted molar refractivity (Wildman–Crippen MR) is 98.2 cm³/mol. The van der Waals surface area contributed by atoms with Gasteiger partial charge in [-0.05, 0) is 50.1 Å². The Morgan fingerprint density at radius 3 is 2.65 bits per heavy atom. The Morgan fingerprint density at radius 1 is 1.09 bits per heavy atom. The molecule has 0 amide bonds. The van der Waals surface area contributed by atoms with Crippen molar-refractivity contribution in [2.75, 3.05) is 7.05 Å². The minimum atomic E-state index is 0.702. The number of aromatic nitrogens is 1. The molecule has 0 unspecified atom stereocenters. The lowest BCUT2D eigenvalue weighted by Gasteiger charge is -2.06. The number of hydrogen-bond donors (Lipinski definition) is 0. The van der Waals surface area contributed by atoms with Crippen molar-refractivity contribution in [3.8, 4) is 0 Å². The van der Waals surface area contributed by atoms with Gasteiger partial charge in [0.2, 0.25) is 5.71 Å². The molecule has 0 fully saturated rings. The first-order chi connectivity index (χ1) is 11.1. The van der Waals surface area contributed by atoms with Crippen LogP contribution in [0.1, 0.15) is 23.7 Å². The number of nitrogens with zero attached hydrogens (tertiary/aromatic N) is 2. The highest BCUT2D eigenvalue weighted by molar-refractivity contribution is 6.07. The number of fused-ring (bicyclic) bond motifs is 3. The number of aryl methyl sites for hydroxylation is 2. The molecule has 0 atom stereocenters. The van der Waals surface area contributed by atoms with E-state index in [4.69, 9.17) is 4.42 Å². The zero-order valence-electron chi connectivity index (χ0n) is 13.9. The van der Waals surface area contributed by atoms with Crippen LogP contribution >= 0.6 is 0 Å². The van der Waals surface area contributed by atoms with Crippen molar-refractivity contribution < 1.29 is 4.42 Å². The van der Waals surface area contributed by atoms with Crippen molar-refractivity contribution >= 4 is 33.9 Å². The van der Waals surface area contributed by atoms with Gasteiger partial charge in [-0.2, -0.15) is 0 Å². The van der Waals surface area contributed by atoms with E-state index in [1.807, 2.05) is 25.1 Å². The van der Waals surface area contributed by atoms with Crippen LogP contribution in [-0.2, 0) is 0 Å². The fourth-order valence-electron chi connectivity index (χ4n) is 2.82. The third kappa shape index (κ3) is 2.82. The largest absolute Gasteiger partial charge is 0.437 e. The highest BCUT2D eigenvalue weighted by atomic mass is 16.3. The van der Waals surface area contributed by atoms with Crippen LogP contribution in [0.3, 0.4) is 0 Å². The van der Waals surface area contributed by atoms with Crippen LogP contribution in [0.5, 0.6) is 0 Å². The summed E-state index contributed by atoms with van der Waals surface area (Å²) in [4.78, 5) is 8.45. The number of pyridine rings is 1. The van der Waals surface area contributed by atoms with Crippen LogP contribution in [0, 0.1) is 13.8 Å². The molecule has 3 rings (SSSR count). The van der Waals surface area contributed by atoms with E-state index >= 15 is 0 Å². The first-order valence-corrected chi connectivity index (χ1v) is 7.67. The Hall–Kier alpha value is -2.68. The molecule has 0 bridgehead atoms. The van der Waals surface area contributed by atoms with E-state index in [0.717, 1.165) is 33.2 Å². The number of hydrogen-bond acceptors (Lipinski definition) is 3. The van der Waals surface area contributed by atoms with Crippen molar-refractivity contribution in [2.45, 2.75) is 20.8 Å². The summed E-state index contributed by atoms with van der Waals surface area (Å²) in [6.07, 6.45) is 7.76. The SMILES string of the molecule is C/N=C/C=C\C=C(/C)c1c(C)ccc2c1oc1nc(C)ccc12. The summed E-state index contributed by atoms with van der Waals surface area (Å²) in [6.45, 7) is 6.18. The van der Waals surface area contributed by atoms with Crippen molar-refractivity contribution in [1.29, 1.82) is 0 Å². The fraction of sp³-hybridized carbons (Fsp3) is 0.200. The Labute approximate surface area is 136 Å². The number of furan rings is 1. The zero-order chi connectivity index (χ0) is 16.4. The minimum Gasteiger partial charge on any atom is -0.437 e. The molecular weight excluding hydrogens is 284 g/mol. The fourth-order valence-corrected chi connectivity index (χ4v) is 2.82. The Kier molecular flexibility index (Phi) is 4.11. The van der Waals surface area contributed by atoms with Crippen molar-refractivity contribution in [3.05, 3.63) is 59.3 Å². The van der Waals surface area contributed by atoms with Crippen LogP contribution in [0.2, 0.25) is 0 Å². The average molecular weight is 304 g/mol. The predicted octanol–water partition coefficient (Wildman–Crippen LogP) is 5.26. The van der Waals surface area contributed by atoms with E-state index in [2.05, 4.69) is 48.1 Å². The van der Waals surface area contributed by atoms with Gasteiger partial charge in [0.15, 0.2) is 0 Å². The summed E-state index contributed by atoms with van der Waals surface area (Å²) >= 11 is 0. The van der Waals surface area contributed by atoms with Gasteiger partial charge >= 0.3 is 0 Å². The first-order valence-electron chi connectivity index (χ1n) is 7.67. The van der Waals surface area contributed by atoms with Gasteiger partial charge in [0.25, 0.3) is 0 Å². The van der Waals surface area contributed by atoms with E-state index < -0.39 is 0 Å². The molecule has 0 aliphatic rings. The van der Waals surface area contributed by atoms with Crippen molar-refractivity contribution in [2.24, 2.45) is 4.99 Å². The van der Waals surface area contributed by atoms with Gasteiger partial charge in [-0.15, -0.1) is 0 Å². The maximum atomic E-state index is 6.09. The number of allylic oxidation sites excluding steroid dienone is 4. The summed E-state index contributed by atoms with van der Waals surface area (Å²) in [5, 5.41) is 2.17. The van der Waals surface area contributed by atoms with Gasteiger partial charge in [-0.1, -0.05) is 24.3 Å². The second-order valence-corrected chi connectivity index (χ2v) is 5.68. The van der Waals surface area contributed by atoms with Crippen molar-refractivity contribution in [1.82, 2.24) is 4.98 Å². The molecule has 0 saturated carbocycles. The van der Waals surface area contributed by atoms with E-state index in [1.165, 1.54) is 5.56 Å². The molecule has 0 radical (unpaired) electrons.